The van der Waals surface area contributed by atoms with E-state index < -0.39 is 95.9 Å². The van der Waals surface area contributed by atoms with E-state index in [4.69, 9.17) is 56.8 Å². The Kier molecular flexibility index (Phi) is 13.8. The molecule has 0 aromatic rings. The van der Waals surface area contributed by atoms with Crippen molar-refractivity contribution in [1.29, 1.82) is 0 Å². The molecule has 0 bridgehead atoms. The van der Waals surface area contributed by atoms with Crippen molar-refractivity contribution in [2.75, 3.05) is 26.4 Å². The van der Waals surface area contributed by atoms with Gasteiger partial charge in [0.2, 0.25) is 0 Å². The number of ether oxygens (including phenoxy) is 12. The van der Waals surface area contributed by atoms with Crippen molar-refractivity contribution in [3.8, 4) is 0 Å². The molecule has 0 radical (unpaired) electrons. The molecule has 16 heteroatoms. The molecular formula is C34H52O16. The zero-order valence-corrected chi connectivity index (χ0v) is 30.5. The summed E-state index contributed by atoms with van der Waals surface area (Å²) in [6.07, 6.45) is -4.83. The first kappa shape index (κ1) is 41.5. The Morgan fingerprint density at radius 3 is 0.880 bits per heavy atom. The van der Waals surface area contributed by atoms with Gasteiger partial charge in [-0.05, 0) is 69.2 Å². The van der Waals surface area contributed by atoms with Crippen molar-refractivity contribution in [2.45, 2.75) is 141 Å². The molecule has 4 rings (SSSR count). The Morgan fingerprint density at radius 1 is 0.460 bits per heavy atom. The third-order valence-electron chi connectivity index (χ3n) is 7.35. The van der Waals surface area contributed by atoms with Crippen LogP contribution in [-0.2, 0) is 76.0 Å². The minimum absolute atomic E-state index is 0.0319. The first-order valence-electron chi connectivity index (χ1n) is 16.5. The van der Waals surface area contributed by atoms with Crippen LogP contribution >= 0.6 is 0 Å². The highest BCUT2D eigenvalue weighted by atomic mass is 16.8. The average Bonchev–Trinajstić information content (AvgIpc) is 3.73. The lowest BCUT2D eigenvalue weighted by molar-refractivity contribution is -0.177. The second kappa shape index (κ2) is 16.6. The standard InChI is InChI=1S/C18H26O8.C16H26O8/c1-7-9-21-15(19)13-11(23-17(3,4)25-13)12-14(16(20)22-10-8-2)26-18(5,6)24-12;1-7-19-13(17)11-9(21-15(3,4)23-11)10-12(14(18)20-8-2)24-16(5,6)22-10/h7-8,11-14H,1-2,9-10H2,3-6H3;9-12H,7-8H2,1-6H3/t11?,12?,13-,14+;9?,10?,11-,12+. The van der Waals surface area contributed by atoms with Crippen LogP contribution in [0, 0.1) is 0 Å². The fraction of sp³-hybridized carbons (Fsp3) is 0.765. The van der Waals surface area contributed by atoms with E-state index in [1.807, 2.05) is 0 Å². The molecule has 4 fully saturated rings. The summed E-state index contributed by atoms with van der Waals surface area (Å²) in [5.74, 6) is -6.55. The molecule has 0 N–H and O–H groups in total. The topological polar surface area (TPSA) is 179 Å². The van der Waals surface area contributed by atoms with E-state index in [2.05, 4.69) is 13.2 Å². The second-order valence-electron chi connectivity index (χ2n) is 13.4. The summed E-state index contributed by atoms with van der Waals surface area (Å²) in [6, 6.07) is 0. The molecule has 284 valence electrons. The van der Waals surface area contributed by atoms with E-state index in [9.17, 15) is 19.2 Å². The smallest absolute Gasteiger partial charge is 0.338 e. The van der Waals surface area contributed by atoms with E-state index in [1.54, 1.807) is 69.2 Å². The van der Waals surface area contributed by atoms with E-state index >= 15 is 0 Å². The lowest BCUT2D eigenvalue weighted by Gasteiger charge is -2.24. The van der Waals surface area contributed by atoms with Crippen LogP contribution in [0.4, 0.5) is 0 Å². The molecule has 16 nitrogen and oxygen atoms in total. The van der Waals surface area contributed by atoms with Crippen LogP contribution in [0.25, 0.3) is 0 Å². The normalized spacial score (nSPS) is 33.0. The van der Waals surface area contributed by atoms with Gasteiger partial charge >= 0.3 is 23.9 Å². The number of carbonyl (C=O) groups is 4. The Bertz CT molecular complexity index is 1150. The van der Waals surface area contributed by atoms with Crippen LogP contribution in [0.3, 0.4) is 0 Å². The molecule has 4 heterocycles. The van der Waals surface area contributed by atoms with Gasteiger partial charge in [0.1, 0.15) is 37.6 Å². The number of hydrogen-bond donors (Lipinski definition) is 0. The summed E-state index contributed by atoms with van der Waals surface area (Å²) in [5, 5.41) is 0. The van der Waals surface area contributed by atoms with E-state index in [0.29, 0.717) is 0 Å². The third-order valence-corrected chi connectivity index (χ3v) is 7.35. The van der Waals surface area contributed by atoms with E-state index in [-0.39, 0.29) is 26.4 Å². The van der Waals surface area contributed by atoms with Gasteiger partial charge in [-0.25, -0.2) is 19.2 Å². The van der Waals surface area contributed by atoms with Gasteiger partial charge in [0.15, 0.2) is 47.6 Å². The molecular weight excluding hydrogens is 664 g/mol. The quantitative estimate of drug-likeness (QED) is 0.163. The van der Waals surface area contributed by atoms with Crippen LogP contribution in [0.15, 0.2) is 25.3 Å². The van der Waals surface area contributed by atoms with E-state index in [1.165, 1.54) is 12.2 Å². The number of carbonyl (C=O) groups excluding carboxylic acids is 4. The van der Waals surface area contributed by atoms with Crippen molar-refractivity contribution in [2.24, 2.45) is 0 Å². The van der Waals surface area contributed by atoms with Crippen molar-refractivity contribution >= 4 is 23.9 Å². The lowest BCUT2D eigenvalue weighted by atomic mass is 10.0. The Hall–Kier alpha value is -2.96. The van der Waals surface area contributed by atoms with Crippen molar-refractivity contribution in [1.82, 2.24) is 0 Å². The summed E-state index contributed by atoms with van der Waals surface area (Å²) < 4.78 is 66.3. The second-order valence-corrected chi connectivity index (χ2v) is 13.4. The first-order valence-corrected chi connectivity index (χ1v) is 16.5. The largest absolute Gasteiger partial charge is 0.464 e. The third kappa shape index (κ3) is 10.5. The minimum atomic E-state index is -1.08. The highest BCUT2D eigenvalue weighted by Gasteiger charge is 2.60. The molecule has 4 aliphatic heterocycles. The summed E-state index contributed by atoms with van der Waals surface area (Å²) in [4.78, 5) is 49.2. The predicted molar refractivity (Wildman–Crippen MR) is 171 cm³/mol. The van der Waals surface area contributed by atoms with Crippen LogP contribution in [0.2, 0.25) is 0 Å². The monoisotopic (exact) mass is 716 g/mol. The van der Waals surface area contributed by atoms with Crippen LogP contribution in [-0.4, -0.2) is 122 Å². The molecule has 0 amide bonds. The van der Waals surface area contributed by atoms with Gasteiger partial charge < -0.3 is 56.8 Å². The van der Waals surface area contributed by atoms with Crippen LogP contribution < -0.4 is 0 Å². The molecule has 0 spiro atoms. The van der Waals surface area contributed by atoms with Crippen molar-refractivity contribution < 1.29 is 76.0 Å². The lowest BCUT2D eigenvalue weighted by Crippen LogP contribution is -2.48. The molecule has 0 aromatic heterocycles. The van der Waals surface area contributed by atoms with Crippen LogP contribution in [0.1, 0.15) is 69.2 Å². The molecule has 8 atom stereocenters. The maximum Gasteiger partial charge on any atom is 0.338 e. The number of rotatable bonds is 12. The number of hydrogen-bond acceptors (Lipinski definition) is 16. The van der Waals surface area contributed by atoms with Gasteiger partial charge in [0, 0.05) is 0 Å². The van der Waals surface area contributed by atoms with Gasteiger partial charge in [0.05, 0.1) is 13.2 Å². The molecule has 0 saturated carbocycles. The fourth-order valence-corrected chi connectivity index (χ4v) is 5.74. The first-order chi connectivity index (χ1) is 23.2. The highest BCUT2D eigenvalue weighted by Crippen LogP contribution is 2.40. The number of esters is 4. The minimum Gasteiger partial charge on any atom is -0.464 e. The van der Waals surface area contributed by atoms with Gasteiger partial charge in [-0.2, -0.15) is 0 Å². The maximum atomic E-state index is 12.4. The Balaban J connectivity index is 0.000000271. The summed E-state index contributed by atoms with van der Waals surface area (Å²) in [7, 11) is 0. The summed E-state index contributed by atoms with van der Waals surface area (Å²) in [6.45, 7) is 24.3. The Morgan fingerprint density at radius 2 is 0.680 bits per heavy atom. The van der Waals surface area contributed by atoms with E-state index in [0.717, 1.165) is 0 Å². The highest BCUT2D eigenvalue weighted by molar-refractivity contribution is 5.79. The molecule has 4 aliphatic rings. The molecule has 0 aromatic carbocycles. The average molecular weight is 717 g/mol. The fourth-order valence-electron chi connectivity index (χ4n) is 5.74. The zero-order chi connectivity index (χ0) is 37.7. The summed E-state index contributed by atoms with van der Waals surface area (Å²) in [5.41, 5.74) is 0. The molecule has 4 unspecified atom stereocenters. The van der Waals surface area contributed by atoms with Crippen LogP contribution in [0.5, 0.6) is 0 Å². The van der Waals surface area contributed by atoms with Crippen molar-refractivity contribution in [3.63, 3.8) is 0 Å². The van der Waals surface area contributed by atoms with Gasteiger partial charge in [-0.15, -0.1) is 0 Å². The SMILES string of the molecule is C=CCOC(=O)[C@H]1OC(C)(C)OC1C1OC(C)(C)O[C@H]1C(=O)OCC=C.CCOC(=O)[C@H]1OC(C)(C)OC1C1OC(C)(C)O[C@H]1C(=O)OCC. The van der Waals surface area contributed by atoms with Crippen molar-refractivity contribution in [3.05, 3.63) is 25.3 Å². The Labute approximate surface area is 292 Å². The zero-order valence-electron chi connectivity index (χ0n) is 30.5. The van der Waals surface area contributed by atoms with Gasteiger partial charge in [-0.1, -0.05) is 25.3 Å². The molecule has 50 heavy (non-hydrogen) atoms. The van der Waals surface area contributed by atoms with Gasteiger partial charge in [-0.3, -0.25) is 0 Å². The molecule has 4 saturated heterocycles. The molecule has 0 aliphatic carbocycles. The summed E-state index contributed by atoms with van der Waals surface area (Å²) >= 11 is 0. The maximum absolute atomic E-state index is 12.4. The van der Waals surface area contributed by atoms with Gasteiger partial charge in [0.25, 0.3) is 0 Å². The predicted octanol–water partition coefficient (Wildman–Crippen LogP) is 2.64.